The summed E-state index contributed by atoms with van der Waals surface area (Å²) in [5.74, 6) is 0.646. The molecule has 0 atom stereocenters. The molecule has 0 spiro atoms. The van der Waals surface area contributed by atoms with Crippen LogP contribution in [0, 0.1) is 0 Å². The van der Waals surface area contributed by atoms with Crippen molar-refractivity contribution >= 4 is 17.5 Å². The second-order valence-corrected chi connectivity index (χ2v) is 6.66. The third-order valence-electron chi connectivity index (χ3n) is 4.51. The molecular weight excluding hydrogens is 344 g/mol. The number of nitrogens with zero attached hydrogens (tertiary/aromatic N) is 4. The fourth-order valence-electron chi connectivity index (χ4n) is 2.86. The Labute approximate surface area is 159 Å². The lowest BCUT2D eigenvalue weighted by Gasteiger charge is -2.32. The number of anilines is 2. The minimum absolute atomic E-state index is 0.276. The zero-order valence-corrected chi connectivity index (χ0v) is 15.6. The summed E-state index contributed by atoms with van der Waals surface area (Å²) in [5, 5.41) is 3.09. The van der Waals surface area contributed by atoms with Gasteiger partial charge >= 0.3 is 0 Å². The highest BCUT2D eigenvalue weighted by Gasteiger charge is 2.12. The first-order valence-electron chi connectivity index (χ1n) is 9.13. The van der Waals surface area contributed by atoms with Crippen LogP contribution in [0.25, 0.3) is 0 Å². The van der Waals surface area contributed by atoms with Crippen LogP contribution in [0.15, 0.2) is 36.7 Å². The predicted octanol–water partition coefficient (Wildman–Crippen LogP) is 1.34. The van der Waals surface area contributed by atoms with Crippen molar-refractivity contribution in [1.29, 1.82) is 0 Å². The van der Waals surface area contributed by atoms with E-state index in [1.54, 1.807) is 0 Å². The van der Waals surface area contributed by atoms with E-state index in [-0.39, 0.29) is 5.56 Å². The number of ether oxygens (including phenoxy) is 1. The number of benzene rings is 1. The molecule has 3 N–H and O–H groups in total. The number of hydrogen-bond acceptors (Lipinski definition) is 7. The molecule has 8 heteroatoms. The van der Waals surface area contributed by atoms with E-state index in [0.717, 1.165) is 50.6 Å². The fourth-order valence-corrected chi connectivity index (χ4v) is 2.86. The second-order valence-electron chi connectivity index (χ2n) is 6.66. The Morgan fingerprint density at radius 3 is 2.67 bits per heavy atom. The number of carbonyl (C=O) groups is 1. The maximum Gasteiger partial charge on any atom is 0.251 e. The average Bonchev–Trinajstić information content (AvgIpc) is 2.67. The van der Waals surface area contributed by atoms with Gasteiger partial charge in [0.1, 0.15) is 5.75 Å². The number of carbonyl (C=O) groups excluding carboxylic acids is 1. The van der Waals surface area contributed by atoms with Gasteiger partial charge in [0.2, 0.25) is 5.95 Å². The molecule has 27 heavy (non-hydrogen) atoms. The Hall–Kier alpha value is -2.71. The van der Waals surface area contributed by atoms with Crippen molar-refractivity contribution in [3.63, 3.8) is 0 Å². The molecule has 0 unspecified atom stereocenters. The summed E-state index contributed by atoms with van der Waals surface area (Å²) in [6.45, 7) is 6.27. The first-order valence-corrected chi connectivity index (χ1v) is 9.13. The van der Waals surface area contributed by atoms with E-state index < -0.39 is 5.91 Å². The lowest BCUT2D eigenvalue weighted by atomic mass is 10.3. The number of nitrogens with one attached hydrogen (secondary N) is 1. The van der Waals surface area contributed by atoms with Gasteiger partial charge in [-0.2, -0.15) is 0 Å². The molecule has 3 rings (SSSR count). The lowest BCUT2D eigenvalue weighted by molar-refractivity contribution is 0.0999. The van der Waals surface area contributed by atoms with Gasteiger partial charge in [-0.05, 0) is 25.6 Å². The molecule has 144 valence electrons. The molecule has 1 amide bonds. The molecule has 1 aliphatic heterocycles. The Morgan fingerprint density at radius 1 is 1.22 bits per heavy atom. The average molecular weight is 370 g/mol. The molecule has 2 aromatic rings. The molecule has 1 aliphatic rings. The van der Waals surface area contributed by atoms with Crippen molar-refractivity contribution < 1.29 is 9.53 Å². The smallest absolute Gasteiger partial charge is 0.251 e. The molecule has 2 heterocycles. The van der Waals surface area contributed by atoms with E-state index in [4.69, 9.17) is 10.5 Å². The summed E-state index contributed by atoms with van der Waals surface area (Å²) >= 11 is 0. The van der Waals surface area contributed by atoms with Crippen LogP contribution in [0.1, 0.15) is 16.8 Å². The molecule has 1 fully saturated rings. The van der Waals surface area contributed by atoms with Crippen LogP contribution in [-0.2, 0) is 0 Å². The van der Waals surface area contributed by atoms with E-state index in [2.05, 4.69) is 32.1 Å². The Bertz CT molecular complexity index is 744. The van der Waals surface area contributed by atoms with E-state index in [9.17, 15) is 4.79 Å². The Morgan fingerprint density at radius 2 is 1.96 bits per heavy atom. The van der Waals surface area contributed by atoms with Gasteiger partial charge in [-0.1, -0.05) is 6.07 Å². The third kappa shape index (κ3) is 5.90. The first kappa shape index (κ1) is 19.1. The van der Waals surface area contributed by atoms with Gasteiger partial charge in [0.15, 0.2) is 0 Å². The fraction of sp³-hybridized carbons (Fsp3) is 0.421. The zero-order chi connectivity index (χ0) is 19.1. The lowest BCUT2D eigenvalue weighted by Crippen LogP contribution is -2.44. The van der Waals surface area contributed by atoms with Gasteiger partial charge in [0, 0.05) is 56.9 Å². The highest BCUT2D eigenvalue weighted by atomic mass is 16.5. The number of piperazine rings is 1. The van der Waals surface area contributed by atoms with Crippen LogP contribution < -0.4 is 15.8 Å². The van der Waals surface area contributed by atoms with E-state index in [0.29, 0.717) is 12.6 Å². The summed E-state index contributed by atoms with van der Waals surface area (Å²) in [5.41, 5.74) is 6.28. The van der Waals surface area contributed by atoms with Crippen LogP contribution in [0.4, 0.5) is 11.6 Å². The van der Waals surface area contributed by atoms with Crippen molar-refractivity contribution in [2.45, 2.75) is 6.42 Å². The van der Waals surface area contributed by atoms with Crippen molar-refractivity contribution in [2.75, 3.05) is 51.7 Å². The minimum Gasteiger partial charge on any atom is -0.493 e. The highest BCUT2D eigenvalue weighted by molar-refractivity contribution is 5.92. The largest absolute Gasteiger partial charge is 0.493 e. The number of hydrogen-bond donors (Lipinski definition) is 2. The zero-order valence-electron chi connectivity index (χ0n) is 15.6. The van der Waals surface area contributed by atoms with Crippen LogP contribution in [0.5, 0.6) is 5.75 Å². The van der Waals surface area contributed by atoms with Gasteiger partial charge in [0.25, 0.3) is 5.91 Å². The Kier molecular flexibility index (Phi) is 6.56. The van der Waals surface area contributed by atoms with Gasteiger partial charge in [-0.15, -0.1) is 0 Å². The quantitative estimate of drug-likeness (QED) is 0.677. The van der Waals surface area contributed by atoms with Crippen molar-refractivity contribution in [3.8, 4) is 5.75 Å². The number of likely N-dealkylation sites (N-methyl/N-ethyl adjacent to an activating group) is 1. The van der Waals surface area contributed by atoms with Crippen LogP contribution in [0.3, 0.4) is 0 Å². The molecule has 0 radical (unpaired) electrons. The number of nitrogens with two attached hydrogens (primary N) is 1. The van der Waals surface area contributed by atoms with E-state index in [1.807, 2.05) is 24.3 Å². The number of amides is 1. The highest BCUT2D eigenvalue weighted by Crippen LogP contribution is 2.20. The molecule has 0 aliphatic carbocycles. The van der Waals surface area contributed by atoms with E-state index in [1.165, 1.54) is 12.4 Å². The van der Waals surface area contributed by atoms with Gasteiger partial charge in [0.05, 0.1) is 12.2 Å². The predicted molar refractivity (Wildman–Crippen MR) is 104 cm³/mol. The maximum absolute atomic E-state index is 11.1. The van der Waals surface area contributed by atoms with Gasteiger partial charge in [-0.25, -0.2) is 9.97 Å². The monoisotopic (exact) mass is 370 g/mol. The van der Waals surface area contributed by atoms with Crippen molar-refractivity contribution in [3.05, 3.63) is 42.2 Å². The number of rotatable bonds is 8. The summed E-state index contributed by atoms with van der Waals surface area (Å²) in [6.07, 6.45) is 3.80. The molecule has 1 aromatic heterocycles. The maximum atomic E-state index is 11.1. The topological polar surface area (TPSA) is 96.6 Å². The summed E-state index contributed by atoms with van der Waals surface area (Å²) in [4.78, 5) is 24.1. The first-order chi connectivity index (χ1) is 13.1. The second kappa shape index (κ2) is 9.29. The minimum atomic E-state index is -0.548. The number of aromatic nitrogens is 2. The normalized spacial score (nSPS) is 15.4. The number of primary amides is 1. The van der Waals surface area contributed by atoms with E-state index >= 15 is 0 Å². The van der Waals surface area contributed by atoms with Crippen LogP contribution in [-0.4, -0.2) is 72.1 Å². The van der Waals surface area contributed by atoms with Gasteiger partial charge < -0.3 is 25.6 Å². The van der Waals surface area contributed by atoms with Gasteiger partial charge in [-0.3, -0.25) is 4.79 Å². The summed E-state index contributed by atoms with van der Waals surface area (Å²) < 4.78 is 5.87. The summed E-state index contributed by atoms with van der Waals surface area (Å²) in [7, 11) is 2.17. The molecule has 0 bridgehead atoms. The standard InChI is InChI=1S/C19H26N6O2/c1-24-7-9-25(10-8-24)6-3-11-27-17-5-2-4-16(12-17)23-19-21-13-15(14-22-19)18(20)26/h2,4-5,12-14H,3,6-11H2,1H3,(H2,20,26)(H,21,22,23). The Balaban J connectivity index is 1.45. The van der Waals surface area contributed by atoms with Crippen LogP contribution >= 0.6 is 0 Å². The molecule has 1 aromatic carbocycles. The molecule has 1 saturated heterocycles. The van der Waals surface area contributed by atoms with Crippen molar-refractivity contribution in [2.24, 2.45) is 5.73 Å². The molecular formula is C19H26N6O2. The van der Waals surface area contributed by atoms with Crippen molar-refractivity contribution in [1.82, 2.24) is 19.8 Å². The SMILES string of the molecule is CN1CCN(CCCOc2cccc(Nc3ncc(C(N)=O)cn3)c2)CC1. The van der Waals surface area contributed by atoms with Crippen LogP contribution in [0.2, 0.25) is 0 Å². The molecule has 8 nitrogen and oxygen atoms in total. The third-order valence-corrected chi connectivity index (χ3v) is 4.51. The summed E-state index contributed by atoms with van der Waals surface area (Å²) in [6, 6.07) is 7.65. The molecule has 0 saturated carbocycles.